The Morgan fingerprint density at radius 2 is 1.83 bits per heavy atom. The number of β-amino-alcohol motifs (C(OH)–C–C–N with tert-alkyl or cyclic N) is 1. The van der Waals surface area contributed by atoms with Crippen LogP contribution in [-0.4, -0.2) is 101 Å². The van der Waals surface area contributed by atoms with Crippen LogP contribution in [-0.2, 0) is 19.0 Å². The number of amides is 1. The highest BCUT2D eigenvalue weighted by atomic mass is 16.7. The van der Waals surface area contributed by atoms with Crippen molar-refractivity contribution in [2.24, 2.45) is 5.92 Å². The molecule has 7 atom stereocenters. The molecule has 0 saturated carbocycles. The van der Waals surface area contributed by atoms with Gasteiger partial charge in [-0.05, 0) is 19.3 Å². The quantitative estimate of drug-likeness (QED) is 0.360. The highest BCUT2D eigenvalue weighted by Gasteiger charge is 2.42. The van der Waals surface area contributed by atoms with Crippen molar-refractivity contribution in [3.8, 4) is 0 Å². The lowest BCUT2D eigenvalue weighted by molar-refractivity contribution is -0.282. The van der Waals surface area contributed by atoms with Gasteiger partial charge in [-0.2, -0.15) is 0 Å². The maximum absolute atomic E-state index is 12.4. The number of hydrogen-bond donors (Lipinski definition) is 4. The zero-order valence-corrected chi connectivity index (χ0v) is 18.8. The number of aliphatic hydroxyl groups is 4. The van der Waals surface area contributed by atoms with E-state index in [9.17, 15) is 25.2 Å². The molecule has 2 rings (SSSR count). The van der Waals surface area contributed by atoms with Gasteiger partial charge in [-0.1, -0.05) is 27.2 Å². The first-order chi connectivity index (χ1) is 14.4. The average Bonchev–Trinajstić information content (AvgIpc) is 3.12. The Balaban J connectivity index is 0.00000218. The molecule has 0 spiro atoms. The van der Waals surface area contributed by atoms with Crippen LogP contribution in [0.4, 0.5) is 0 Å². The van der Waals surface area contributed by atoms with Crippen LogP contribution in [0.2, 0.25) is 0 Å². The standard InChI is InChI=1S/C19H35NO8.C2H6/c1-12-17(24)18(25)15(10-21)28-19(12)27-7-5-3-4-6-16(23)20-9-14(22)8-13(20)11-26-2;1-2/h12-15,17-19,21-22,24-25H,3-11H2,1-2H3;1-2H3/t12?,13-,14+,15?,17+,18-,19+;/m0./s1. The number of carbonyl (C=O) groups is 1. The SMILES string of the molecule is CC.COC[C@@H]1C[C@@H](O)CN1C(=O)CCCCCO[C@@H]1OC(CO)[C@H](O)[C@H](O)C1C. The normalized spacial score (nSPS) is 33.9. The molecule has 4 N–H and O–H groups in total. The first-order valence-corrected chi connectivity index (χ1v) is 11.1. The molecular weight excluding hydrogens is 394 g/mol. The molecular formula is C21H41NO8. The van der Waals surface area contributed by atoms with Gasteiger partial charge in [0.2, 0.25) is 5.91 Å². The highest BCUT2D eigenvalue weighted by Crippen LogP contribution is 2.27. The Morgan fingerprint density at radius 3 is 2.47 bits per heavy atom. The van der Waals surface area contributed by atoms with Gasteiger partial charge in [0.1, 0.15) is 12.2 Å². The number of rotatable bonds is 10. The highest BCUT2D eigenvalue weighted by molar-refractivity contribution is 5.76. The van der Waals surface area contributed by atoms with Crippen LogP contribution in [0.3, 0.4) is 0 Å². The molecule has 2 aliphatic rings. The van der Waals surface area contributed by atoms with Crippen LogP contribution in [0.1, 0.15) is 52.9 Å². The lowest BCUT2D eigenvalue weighted by Crippen LogP contribution is -2.55. The summed E-state index contributed by atoms with van der Waals surface area (Å²) in [5.41, 5.74) is 0. The molecule has 2 saturated heterocycles. The maximum Gasteiger partial charge on any atom is 0.222 e. The Hall–Kier alpha value is -0.810. The summed E-state index contributed by atoms with van der Waals surface area (Å²) in [6.07, 6.45) is -0.936. The number of aliphatic hydroxyl groups excluding tert-OH is 4. The monoisotopic (exact) mass is 435 g/mol. The second kappa shape index (κ2) is 14.3. The van der Waals surface area contributed by atoms with Gasteiger partial charge >= 0.3 is 0 Å². The van der Waals surface area contributed by atoms with Crippen molar-refractivity contribution in [3.05, 3.63) is 0 Å². The smallest absolute Gasteiger partial charge is 0.222 e. The van der Waals surface area contributed by atoms with E-state index in [4.69, 9.17) is 14.2 Å². The second-order valence-electron chi connectivity index (χ2n) is 7.79. The number of hydrogen-bond acceptors (Lipinski definition) is 8. The number of nitrogens with zero attached hydrogens (tertiary/aromatic N) is 1. The van der Waals surface area contributed by atoms with Crippen molar-refractivity contribution in [2.75, 3.05) is 33.5 Å². The number of ether oxygens (including phenoxy) is 3. The molecule has 0 aromatic heterocycles. The Bertz CT molecular complexity index is 478. The molecule has 0 aromatic rings. The third-order valence-electron chi connectivity index (χ3n) is 5.58. The summed E-state index contributed by atoms with van der Waals surface area (Å²) >= 11 is 0. The van der Waals surface area contributed by atoms with Gasteiger partial charge in [-0.3, -0.25) is 4.79 Å². The summed E-state index contributed by atoms with van der Waals surface area (Å²) in [7, 11) is 1.59. The van der Waals surface area contributed by atoms with Crippen LogP contribution in [0.15, 0.2) is 0 Å². The van der Waals surface area contributed by atoms with Crippen LogP contribution < -0.4 is 0 Å². The number of carbonyl (C=O) groups excluding carboxylic acids is 1. The third kappa shape index (κ3) is 7.71. The topological polar surface area (TPSA) is 129 Å². The predicted molar refractivity (Wildman–Crippen MR) is 111 cm³/mol. The van der Waals surface area contributed by atoms with E-state index in [-0.39, 0.29) is 18.6 Å². The number of methoxy groups -OCH3 is 1. The largest absolute Gasteiger partial charge is 0.394 e. The van der Waals surface area contributed by atoms with E-state index in [1.807, 2.05) is 13.8 Å². The van der Waals surface area contributed by atoms with Gasteiger partial charge < -0.3 is 39.5 Å². The van der Waals surface area contributed by atoms with E-state index < -0.39 is 36.6 Å². The fourth-order valence-corrected chi connectivity index (χ4v) is 3.86. The predicted octanol–water partition coefficient (Wildman–Crippen LogP) is 0.273. The first kappa shape index (κ1) is 27.2. The molecule has 9 heteroatoms. The van der Waals surface area contributed by atoms with Gasteiger partial charge in [0.15, 0.2) is 6.29 Å². The third-order valence-corrected chi connectivity index (χ3v) is 5.58. The average molecular weight is 436 g/mol. The van der Waals surface area contributed by atoms with Gasteiger partial charge in [0.25, 0.3) is 0 Å². The number of likely N-dealkylation sites (tertiary alicyclic amines) is 1. The molecule has 2 fully saturated rings. The van der Waals surface area contributed by atoms with Crippen molar-refractivity contribution in [3.63, 3.8) is 0 Å². The van der Waals surface area contributed by atoms with Gasteiger partial charge in [0.05, 0.1) is 31.5 Å². The van der Waals surface area contributed by atoms with E-state index in [1.54, 1.807) is 18.9 Å². The van der Waals surface area contributed by atoms with Crippen molar-refractivity contribution in [2.45, 2.75) is 89.6 Å². The Kier molecular flexibility index (Phi) is 13.0. The minimum atomic E-state index is -1.13. The minimum absolute atomic E-state index is 0.0339. The Labute approximate surface area is 179 Å². The molecule has 2 aliphatic heterocycles. The summed E-state index contributed by atoms with van der Waals surface area (Å²) in [6.45, 7) is 6.55. The zero-order valence-electron chi connectivity index (χ0n) is 18.8. The van der Waals surface area contributed by atoms with E-state index in [0.717, 1.165) is 19.3 Å². The summed E-state index contributed by atoms with van der Waals surface area (Å²) in [6, 6.07) is -0.0537. The molecule has 0 aliphatic carbocycles. The molecule has 0 radical (unpaired) electrons. The molecule has 2 unspecified atom stereocenters. The molecule has 2 heterocycles. The molecule has 9 nitrogen and oxygen atoms in total. The molecule has 0 aromatic carbocycles. The fourth-order valence-electron chi connectivity index (χ4n) is 3.86. The molecule has 30 heavy (non-hydrogen) atoms. The van der Waals surface area contributed by atoms with Crippen molar-refractivity contribution < 1.29 is 39.4 Å². The van der Waals surface area contributed by atoms with Crippen molar-refractivity contribution in [1.82, 2.24) is 4.90 Å². The summed E-state index contributed by atoms with van der Waals surface area (Å²) < 4.78 is 16.3. The van der Waals surface area contributed by atoms with Crippen molar-refractivity contribution >= 4 is 5.91 Å². The second-order valence-corrected chi connectivity index (χ2v) is 7.79. The Morgan fingerprint density at radius 1 is 1.13 bits per heavy atom. The first-order valence-electron chi connectivity index (χ1n) is 11.1. The minimum Gasteiger partial charge on any atom is -0.394 e. The fraction of sp³-hybridized carbons (Fsp3) is 0.952. The van der Waals surface area contributed by atoms with Crippen LogP contribution in [0.25, 0.3) is 0 Å². The summed E-state index contributed by atoms with van der Waals surface area (Å²) in [5, 5.41) is 38.8. The van der Waals surface area contributed by atoms with E-state index >= 15 is 0 Å². The van der Waals surface area contributed by atoms with Gasteiger partial charge in [0, 0.05) is 32.6 Å². The lowest BCUT2D eigenvalue weighted by atomic mass is 9.92. The van der Waals surface area contributed by atoms with E-state index in [2.05, 4.69) is 0 Å². The van der Waals surface area contributed by atoms with E-state index in [0.29, 0.717) is 32.6 Å². The lowest BCUT2D eigenvalue weighted by Gasteiger charge is -2.40. The van der Waals surface area contributed by atoms with Gasteiger partial charge in [-0.25, -0.2) is 0 Å². The molecule has 178 valence electrons. The zero-order chi connectivity index (χ0) is 22.7. The molecule has 1 amide bonds. The maximum atomic E-state index is 12.4. The number of unbranched alkanes of at least 4 members (excludes halogenated alkanes) is 2. The van der Waals surface area contributed by atoms with Crippen LogP contribution in [0, 0.1) is 5.92 Å². The van der Waals surface area contributed by atoms with E-state index in [1.165, 1.54) is 0 Å². The summed E-state index contributed by atoms with van der Waals surface area (Å²) in [4.78, 5) is 14.1. The molecule has 0 bridgehead atoms. The summed E-state index contributed by atoms with van der Waals surface area (Å²) in [5.74, 6) is -0.370. The van der Waals surface area contributed by atoms with Crippen molar-refractivity contribution in [1.29, 1.82) is 0 Å². The van der Waals surface area contributed by atoms with Gasteiger partial charge in [-0.15, -0.1) is 0 Å². The van der Waals surface area contributed by atoms with Crippen LogP contribution in [0.5, 0.6) is 0 Å². The van der Waals surface area contributed by atoms with Crippen LogP contribution >= 0.6 is 0 Å².